The molecule has 3 aliphatic carbocycles. The Morgan fingerprint density at radius 1 is 1.43 bits per heavy atom. The summed E-state index contributed by atoms with van der Waals surface area (Å²) in [4.78, 5) is 15.0. The molecule has 21 heavy (non-hydrogen) atoms. The number of morpholine rings is 1. The van der Waals surface area contributed by atoms with E-state index in [1.807, 2.05) is 6.92 Å². The van der Waals surface area contributed by atoms with Gasteiger partial charge in [-0.05, 0) is 31.6 Å². The van der Waals surface area contributed by atoms with Crippen molar-refractivity contribution in [2.45, 2.75) is 38.1 Å². The van der Waals surface area contributed by atoms with E-state index < -0.39 is 0 Å². The number of fused-ring (bicyclic) bond motifs is 3. The molecule has 4 aliphatic rings. The molecule has 4 heteroatoms. The summed E-state index contributed by atoms with van der Waals surface area (Å²) in [6.45, 7) is 5.86. The van der Waals surface area contributed by atoms with Gasteiger partial charge in [0.05, 0.1) is 30.9 Å². The van der Waals surface area contributed by atoms with Gasteiger partial charge in [-0.1, -0.05) is 18.9 Å². The molecule has 0 N–H and O–H groups in total. The topological polar surface area (TPSA) is 38.8 Å². The van der Waals surface area contributed by atoms with Crippen LogP contribution in [0.4, 0.5) is 0 Å². The van der Waals surface area contributed by atoms with Crippen molar-refractivity contribution in [2.75, 3.05) is 32.9 Å². The summed E-state index contributed by atoms with van der Waals surface area (Å²) in [6, 6.07) is 0. The summed E-state index contributed by atoms with van der Waals surface area (Å²) < 4.78 is 10.9. The highest BCUT2D eigenvalue weighted by atomic mass is 16.5. The summed E-state index contributed by atoms with van der Waals surface area (Å²) in [5, 5.41) is 0. The van der Waals surface area contributed by atoms with Crippen LogP contribution in [0.3, 0.4) is 0 Å². The molecule has 4 atom stereocenters. The van der Waals surface area contributed by atoms with Crippen molar-refractivity contribution in [3.8, 4) is 0 Å². The molecule has 4 nitrogen and oxygen atoms in total. The molecule has 1 saturated heterocycles. The molecule has 3 fully saturated rings. The van der Waals surface area contributed by atoms with E-state index in [9.17, 15) is 4.79 Å². The van der Waals surface area contributed by atoms with Gasteiger partial charge in [0.15, 0.2) is 0 Å². The lowest BCUT2D eigenvalue weighted by Gasteiger charge is -2.55. The Balaban J connectivity index is 1.69. The third-order valence-electron chi connectivity index (χ3n) is 6.18. The number of hydrogen-bond acceptors (Lipinski definition) is 4. The van der Waals surface area contributed by atoms with Crippen LogP contribution in [0.15, 0.2) is 11.6 Å². The second kappa shape index (κ2) is 5.10. The predicted molar refractivity (Wildman–Crippen MR) is 78.8 cm³/mol. The maximum Gasteiger partial charge on any atom is 0.335 e. The first-order chi connectivity index (χ1) is 10.3. The minimum Gasteiger partial charge on any atom is -0.463 e. The van der Waals surface area contributed by atoms with Crippen LogP contribution < -0.4 is 0 Å². The van der Waals surface area contributed by atoms with E-state index >= 15 is 0 Å². The van der Waals surface area contributed by atoms with Crippen molar-refractivity contribution in [1.29, 1.82) is 0 Å². The number of ether oxygens (including phenoxy) is 2. The fourth-order valence-corrected chi connectivity index (χ4v) is 5.53. The van der Waals surface area contributed by atoms with E-state index in [1.54, 1.807) is 0 Å². The van der Waals surface area contributed by atoms with E-state index in [0.29, 0.717) is 18.4 Å². The quantitative estimate of drug-likeness (QED) is 0.746. The van der Waals surface area contributed by atoms with Crippen molar-refractivity contribution in [3.05, 3.63) is 11.6 Å². The molecule has 2 saturated carbocycles. The van der Waals surface area contributed by atoms with Gasteiger partial charge in [0.2, 0.25) is 0 Å². The number of hydrogen-bond donors (Lipinski definition) is 0. The predicted octanol–water partition coefficient (Wildman–Crippen LogP) is 2.00. The molecule has 0 amide bonds. The normalized spacial score (nSPS) is 42.0. The lowest BCUT2D eigenvalue weighted by atomic mass is 9.63. The lowest BCUT2D eigenvalue weighted by molar-refractivity contribution is -0.143. The van der Waals surface area contributed by atoms with Gasteiger partial charge in [0.1, 0.15) is 0 Å². The van der Waals surface area contributed by atoms with Crippen LogP contribution in [-0.4, -0.2) is 49.3 Å². The zero-order valence-corrected chi connectivity index (χ0v) is 12.8. The number of rotatable bonds is 3. The second-order valence-corrected chi connectivity index (χ2v) is 6.87. The molecular formula is C17H25NO3. The Hall–Kier alpha value is -0.870. The van der Waals surface area contributed by atoms with Crippen LogP contribution >= 0.6 is 0 Å². The molecule has 4 rings (SSSR count). The zero-order chi connectivity index (χ0) is 14.4. The van der Waals surface area contributed by atoms with E-state index in [4.69, 9.17) is 9.47 Å². The Morgan fingerprint density at radius 3 is 3.00 bits per heavy atom. The third kappa shape index (κ3) is 1.78. The fraction of sp³-hybridized carbons (Fsp3) is 0.824. The summed E-state index contributed by atoms with van der Waals surface area (Å²) in [5.41, 5.74) is 0.947. The fourth-order valence-electron chi connectivity index (χ4n) is 5.53. The summed E-state index contributed by atoms with van der Waals surface area (Å²) >= 11 is 0. The standard InChI is InChI=1S/C17H25NO3/c1-2-21-16(19)15-11-13-10-12-4-3-5-14(12)17(13,15)18-6-8-20-9-7-18/h11-14H,2-10H2,1H3/t12-,13+,14-,17+/m0/s1. The Morgan fingerprint density at radius 2 is 2.24 bits per heavy atom. The highest BCUT2D eigenvalue weighted by Gasteiger charge is 2.66. The molecule has 0 unspecified atom stereocenters. The van der Waals surface area contributed by atoms with Crippen LogP contribution in [0.2, 0.25) is 0 Å². The summed E-state index contributed by atoms with van der Waals surface area (Å²) in [7, 11) is 0. The van der Waals surface area contributed by atoms with Crippen LogP contribution in [0, 0.1) is 17.8 Å². The molecule has 0 aromatic rings. The first-order valence-electron chi connectivity index (χ1n) is 8.50. The number of carbonyl (C=O) groups excluding carboxylic acids is 1. The van der Waals surface area contributed by atoms with Crippen molar-refractivity contribution in [2.24, 2.45) is 17.8 Å². The second-order valence-electron chi connectivity index (χ2n) is 6.87. The molecule has 0 radical (unpaired) electrons. The summed E-state index contributed by atoms with van der Waals surface area (Å²) in [5.74, 6) is 1.95. The van der Waals surface area contributed by atoms with Crippen LogP contribution in [0.1, 0.15) is 32.6 Å². The average molecular weight is 291 g/mol. The SMILES string of the molecule is CCOC(=O)C1=C[C@H]2C[C@@H]3CCC[C@@H]3[C@@]12N1CCOCC1. The van der Waals surface area contributed by atoms with Gasteiger partial charge in [-0.25, -0.2) is 4.79 Å². The molecule has 0 spiro atoms. The molecule has 0 aromatic heterocycles. The minimum absolute atomic E-state index is 0.0167. The van der Waals surface area contributed by atoms with E-state index in [1.165, 1.54) is 25.7 Å². The van der Waals surface area contributed by atoms with Gasteiger partial charge in [0.25, 0.3) is 0 Å². The Kier molecular flexibility index (Phi) is 3.34. The lowest BCUT2D eigenvalue weighted by Crippen LogP contribution is -2.65. The smallest absolute Gasteiger partial charge is 0.335 e. The van der Waals surface area contributed by atoms with Crippen molar-refractivity contribution in [1.82, 2.24) is 4.90 Å². The highest BCUT2D eigenvalue weighted by Crippen LogP contribution is 2.63. The molecule has 0 bridgehead atoms. The number of carbonyl (C=O) groups is 1. The van der Waals surface area contributed by atoms with Crippen molar-refractivity contribution < 1.29 is 14.3 Å². The maximum atomic E-state index is 12.5. The van der Waals surface area contributed by atoms with Gasteiger partial charge in [-0.2, -0.15) is 0 Å². The minimum atomic E-state index is -0.0761. The van der Waals surface area contributed by atoms with E-state index in [-0.39, 0.29) is 11.5 Å². The third-order valence-corrected chi connectivity index (χ3v) is 6.18. The monoisotopic (exact) mass is 291 g/mol. The summed E-state index contributed by atoms with van der Waals surface area (Å²) in [6.07, 6.45) is 7.42. The Labute approximate surface area is 126 Å². The van der Waals surface area contributed by atoms with Crippen molar-refractivity contribution >= 4 is 5.97 Å². The highest BCUT2D eigenvalue weighted by molar-refractivity contribution is 5.94. The Bertz CT molecular complexity index is 469. The van der Waals surface area contributed by atoms with Crippen LogP contribution in [0.5, 0.6) is 0 Å². The van der Waals surface area contributed by atoms with Gasteiger partial charge in [-0.3, -0.25) is 4.90 Å². The molecule has 1 heterocycles. The first-order valence-corrected chi connectivity index (χ1v) is 8.50. The van der Waals surface area contributed by atoms with E-state index in [2.05, 4.69) is 11.0 Å². The number of nitrogens with zero attached hydrogens (tertiary/aromatic N) is 1. The average Bonchev–Trinajstić information content (AvgIpc) is 3.01. The van der Waals surface area contributed by atoms with Crippen molar-refractivity contribution in [3.63, 3.8) is 0 Å². The molecule has 0 aromatic carbocycles. The molecular weight excluding hydrogens is 266 g/mol. The van der Waals surface area contributed by atoms with E-state index in [0.717, 1.165) is 37.8 Å². The van der Waals surface area contributed by atoms with Crippen LogP contribution in [-0.2, 0) is 14.3 Å². The van der Waals surface area contributed by atoms with Crippen LogP contribution in [0.25, 0.3) is 0 Å². The van der Waals surface area contributed by atoms with Gasteiger partial charge >= 0.3 is 5.97 Å². The number of esters is 1. The maximum absolute atomic E-state index is 12.5. The molecule has 1 aliphatic heterocycles. The largest absolute Gasteiger partial charge is 0.463 e. The van der Waals surface area contributed by atoms with Gasteiger partial charge in [-0.15, -0.1) is 0 Å². The molecule has 116 valence electrons. The zero-order valence-electron chi connectivity index (χ0n) is 12.8. The van der Waals surface area contributed by atoms with Gasteiger partial charge in [0, 0.05) is 19.0 Å². The first kappa shape index (κ1) is 13.8. The van der Waals surface area contributed by atoms with Gasteiger partial charge < -0.3 is 9.47 Å².